The maximum atomic E-state index is 13.7. The molecule has 1 N–H and O–H groups in total. The minimum Gasteiger partial charge on any atom is -0.367 e. The zero-order chi connectivity index (χ0) is 21.3. The first-order valence-electron chi connectivity index (χ1n) is 11.6. The number of hydrogen-bond acceptors (Lipinski definition) is 4. The Bertz CT molecular complexity index is 731. The van der Waals surface area contributed by atoms with Gasteiger partial charge in [-0.2, -0.15) is 5.10 Å². The van der Waals surface area contributed by atoms with Gasteiger partial charge in [0.2, 0.25) is 5.91 Å². The summed E-state index contributed by atoms with van der Waals surface area (Å²) in [6.45, 7) is 7.04. The highest BCUT2D eigenvalue weighted by molar-refractivity contribution is 5.78. The van der Waals surface area contributed by atoms with Crippen LogP contribution in [-0.4, -0.2) is 70.2 Å². The summed E-state index contributed by atoms with van der Waals surface area (Å²) in [6.07, 6.45) is 4.43. The zero-order valence-electron chi connectivity index (χ0n) is 18.2. The Balaban J connectivity index is 1.32. The lowest BCUT2D eigenvalue weighted by atomic mass is 9.85. The number of rotatable bonds is 5. The van der Waals surface area contributed by atoms with Gasteiger partial charge < -0.3 is 10.2 Å². The van der Waals surface area contributed by atoms with E-state index >= 15 is 0 Å². The lowest BCUT2D eigenvalue weighted by Crippen LogP contribution is -2.50. The van der Waals surface area contributed by atoms with Crippen molar-refractivity contribution in [3.8, 4) is 0 Å². The number of anilines is 1. The molecule has 0 bridgehead atoms. The molecular weight excluding hydrogens is 388 g/mol. The number of hydrogen-bond donors (Lipinski definition) is 1. The first-order valence-corrected chi connectivity index (χ1v) is 11.6. The number of likely N-dealkylation sites (tertiary alicyclic amines) is 2. The molecule has 30 heavy (non-hydrogen) atoms. The van der Waals surface area contributed by atoms with Crippen molar-refractivity contribution in [1.29, 1.82) is 0 Å². The van der Waals surface area contributed by atoms with Gasteiger partial charge in [-0.3, -0.25) is 9.69 Å². The van der Waals surface area contributed by atoms with Crippen LogP contribution in [0.15, 0.2) is 6.07 Å². The van der Waals surface area contributed by atoms with E-state index in [-0.39, 0.29) is 11.9 Å². The van der Waals surface area contributed by atoms with E-state index < -0.39 is 12.5 Å². The number of nitrogens with zero attached hydrogens (tertiary/aromatic N) is 4. The van der Waals surface area contributed by atoms with Crippen LogP contribution in [-0.2, 0) is 4.79 Å². The molecule has 1 aromatic rings. The molecule has 3 atom stereocenters. The SMILES string of the molecule is CC[C@H]1CCCCN1CC(=O)N1CCC([C@@H]2C[C@H](C(F)F)n3nc(C)cc3N2)CC1. The number of amides is 1. The molecule has 168 valence electrons. The predicted octanol–water partition coefficient (Wildman–Crippen LogP) is 3.69. The molecule has 2 fully saturated rings. The van der Waals surface area contributed by atoms with Gasteiger partial charge in [-0.25, -0.2) is 13.5 Å². The number of alkyl halides is 2. The Kier molecular flexibility index (Phi) is 6.60. The van der Waals surface area contributed by atoms with Gasteiger partial charge in [-0.15, -0.1) is 0 Å². The maximum Gasteiger partial charge on any atom is 0.260 e. The smallest absolute Gasteiger partial charge is 0.260 e. The fourth-order valence-corrected chi connectivity index (χ4v) is 5.56. The average molecular weight is 424 g/mol. The number of fused-ring (bicyclic) bond motifs is 1. The Morgan fingerprint density at radius 2 is 2.00 bits per heavy atom. The summed E-state index contributed by atoms with van der Waals surface area (Å²) in [5.74, 6) is 1.23. The maximum absolute atomic E-state index is 13.7. The van der Waals surface area contributed by atoms with E-state index in [1.165, 1.54) is 23.9 Å². The van der Waals surface area contributed by atoms with Gasteiger partial charge in [0, 0.05) is 31.2 Å². The van der Waals surface area contributed by atoms with Gasteiger partial charge in [0.25, 0.3) is 6.43 Å². The van der Waals surface area contributed by atoms with E-state index in [9.17, 15) is 13.6 Å². The molecular formula is C22H35F2N5O. The van der Waals surface area contributed by atoms with Gasteiger partial charge in [0.05, 0.1) is 12.2 Å². The van der Waals surface area contributed by atoms with Crippen LogP contribution >= 0.6 is 0 Å². The summed E-state index contributed by atoms with van der Waals surface area (Å²) in [5, 5.41) is 7.70. The molecule has 0 radical (unpaired) electrons. The number of aromatic nitrogens is 2. The van der Waals surface area contributed by atoms with Gasteiger partial charge in [0.15, 0.2) is 0 Å². The fraction of sp³-hybridized carbons (Fsp3) is 0.818. The highest BCUT2D eigenvalue weighted by Gasteiger charge is 2.38. The third kappa shape index (κ3) is 4.48. The highest BCUT2D eigenvalue weighted by Crippen LogP contribution is 2.37. The third-order valence-corrected chi connectivity index (χ3v) is 7.31. The normalized spacial score (nSPS) is 28.4. The molecule has 6 nitrogen and oxygen atoms in total. The fourth-order valence-electron chi connectivity index (χ4n) is 5.56. The van der Waals surface area contributed by atoms with Crippen molar-refractivity contribution in [3.63, 3.8) is 0 Å². The molecule has 0 aromatic carbocycles. The Hall–Kier alpha value is -1.70. The van der Waals surface area contributed by atoms with Crippen molar-refractivity contribution in [3.05, 3.63) is 11.8 Å². The summed E-state index contributed by atoms with van der Waals surface area (Å²) >= 11 is 0. The van der Waals surface area contributed by atoms with Gasteiger partial charge in [0.1, 0.15) is 11.9 Å². The molecule has 2 saturated heterocycles. The van der Waals surface area contributed by atoms with Crippen molar-refractivity contribution in [2.24, 2.45) is 5.92 Å². The molecule has 4 heterocycles. The summed E-state index contributed by atoms with van der Waals surface area (Å²) in [7, 11) is 0. The highest BCUT2D eigenvalue weighted by atomic mass is 19.3. The van der Waals surface area contributed by atoms with Gasteiger partial charge in [-0.05, 0) is 57.9 Å². The van der Waals surface area contributed by atoms with Crippen molar-refractivity contribution < 1.29 is 13.6 Å². The summed E-state index contributed by atoms with van der Waals surface area (Å²) < 4.78 is 28.8. The molecule has 1 amide bonds. The monoisotopic (exact) mass is 423 g/mol. The quantitative estimate of drug-likeness (QED) is 0.785. The van der Waals surface area contributed by atoms with Crippen LogP contribution in [0.1, 0.15) is 63.6 Å². The van der Waals surface area contributed by atoms with E-state index in [0.29, 0.717) is 30.7 Å². The van der Waals surface area contributed by atoms with Crippen molar-refractivity contribution >= 4 is 11.7 Å². The molecule has 0 spiro atoms. The summed E-state index contributed by atoms with van der Waals surface area (Å²) in [4.78, 5) is 17.2. The van der Waals surface area contributed by atoms with Crippen LogP contribution in [0.5, 0.6) is 0 Å². The molecule has 1 aromatic heterocycles. The standard InChI is InChI=1S/C22H35F2N5O/c1-3-17-6-4-5-9-28(17)14-21(30)27-10-7-16(8-11-27)18-13-19(22(23)24)29-20(25-18)12-15(2)26-29/h12,16-19,22,25H,3-11,13-14H2,1-2H3/t17-,18-,19+/m0/s1. The van der Waals surface area contributed by atoms with Crippen molar-refractivity contribution in [2.45, 2.75) is 83.3 Å². The van der Waals surface area contributed by atoms with E-state index in [0.717, 1.165) is 44.6 Å². The van der Waals surface area contributed by atoms with E-state index in [1.54, 1.807) is 0 Å². The number of carbonyl (C=O) groups is 1. The third-order valence-electron chi connectivity index (χ3n) is 7.31. The second-order valence-electron chi connectivity index (χ2n) is 9.25. The van der Waals surface area contributed by atoms with E-state index in [1.807, 2.05) is 17.9 Å². The van der Waals surface area contributed by atoms with Crippen LogP contribution in [0.2, 0.25) is 0 Å². The number of aryl methyl sites for hydroxylation is 1. The first kappa shape index (κ1) is 21.5. The van der Waals surface area contributed by atoms with E-state index in [4.69, 9.17) is 0 Å². The number of piperidine rings is 2. The number of halogens is 2. The average Bonchev–Trinajstić information content (AvgIpc) is 3.13. The van der Waals surface area contributed by atoms with Crippen LogP contribution in [0.3, 0.4) is 0 Å². The second-order valence-corrected chi connectivity index (χ2v) is 9.25. The molecule has 8 heteroatoms. The molecule has 3 aliphatic rings. The van der Waals surface area contributed by atoms with E-state index in [2.05, 4.69) is 22.2 Å². The predicted molar refractivity (Wildman–Crippen MR) is 113 cm³/mol. The second kappa shape index (κ2) is 9.20. The minimum absolute atomic E-state index is 0.0106. The lowest BCUT2D eigenvalue weighted by Gasteiger charge is -2.41. The van der Waals surface area contributed by atoms with Crippen molar-refractivity contribution in [2.75, 3.05) is 31.5 Å². The first-order chi connectivity index (χ1) is 14.5. The number of carbonyl (C=O) groups excluding carboxylic acids is 1. The molecule has 4 rings (SSSR count). The zero-order valence-corrected chi connectivity index (χ0v) is 18.2. The molecule has 3 aliphatic heterocycles. The van der Waals surface area contributed by atoms with Crippen molar-refractivity contribution in [1.82, 2.24) is 19.6 Å². The Morgan fingerprint density at radius 3 is 2.70 bits per heavy atom. The van der Waals surface area contributed by atoms with Crippen LogP contribution in [0, 0.1) is 12.8 Å². The number of nitrogens with one attached hydrogen (secondary N) is 1. The lowest BCUT2D eigenvalue weighted by molar-refractivity contribution is -0.134. The topological polar surface area (TPSA) is 53.4 Å². The Labute approximate surface area is 178 Å². The minimum atomic E-state index is -2.43. The largest absolute Gasteiger partial charge is 0.367 e. The van der Waals surface area contributed by atoms with Crippen LogP contribution in [0.4, 0.5) is 14.6 Å². The Morgan fingerprint density at radius 1 is 1.23 bits per heavy atom. The molecule has 0 unspecified atom stereocenters. The van der Waals surface area contributed by atoms with Gasteiger partial charge in [-0.1, -0.05) is 13.3 Å². The van der Waals surface area contributed by atoms with Crippen LogP contribution in [0.25, 0.3) is 0 Å². The molecule has 0 aliphatic carbocycles. The summed E-state index contributed by atoms with van der Waals surface area (Å²) in [5.41, 5.74) is 0.757. The summed E-state index contributed by atoms with van der Waals surface area (Å²) in [6, 6.07) is 1.52. The molecule has 0 saturated carbocycles. The van der Waals surface area contributed by atoms with Crippen LogP contribution < -0.4 is 5.32 Å². The van der Waals surface area contributed by atoms with Gasteiger partial charge >= 0.3 is 0 Å².